The fraction of sp³-hybridized carbons (Fsp3) is 0.278. The van der Waals surface area contributed by atoms with Crippen LogP contribution < -0.4 is 5.14 Å². The van der Waals surface area contributed by atoms with Gasteiger partial charge in [0.25, 0.3) is 5.91 Å². The van der Waals surface area contributed by atoms with E-state index in [0.717, 1.165) is 0 Å². The van der Waals surface area contributed by atoms with Crippen LogP contribution in [0.4, 0.5) is 4.39 Å². The van der Waals surface area contributed by atoms with Gasteiger partial charge in [-0.1, -0.05) is 38.1 Å². The fourth-order valence-corrected chi connectivity index (χ4v) is 3.26. The van der Waals surface area contributed by atoms with Crippen molar-refractivity contribution in [3.8, 4) is 11.1 Å². The van der Waals surface area contributed by atoms with Gasteiger partial charge in [-0.3, -0.25) is 4.79 Å². The minimum absolute atomic E-state index is 0.218. The highest BCUT2D eigenvalue weighted by atomic mass is 32.2. The van der Waals surface area contributed by atoms with Gasteiger partial charge in [0.1, 0.15) is 15.7 Å². The van der Waals surface area contributed by atoms with E-state index in [1.54, 1.807) is 36.4 Å². The molecule has 0 fully saturated rings. The van der Waals surface area contributed by atoms with Crippen molar-refractivity contribution in [3.63, 3.8) is 0 Å². The molecule has 0 heterocycles. The van der Waals surface area contributed by atoms with Gasteiger partial charge in [-0.25, -0.2) is 13.7 Å². The SMILES string of the molecule is CC(C)CCC(=O)N=S(N)(=O)c1cccc(-c2cccc(F)c2)c1. The predicted molar refractivity (Wildman–Crippen MR) is 93.9 cm³/mol. The summed E-state index contributed by atoms with van der Waals surface area (Å²) in [6, 6.07) is 12.6. The molecule has 2 aromatic rings. The molecule has 0 bridgehead atoms. The molecular weight excluding hydrogens is 327 g/mol. The van der Waals surface area contributed by atoms with E-state index in [1.807, 2.05) is 13.8 Å². The summed E-state index contributed by atoms with van der Waals surface area (Å²) in [5.41, 5.74) is 1.30. The minimum Gasteiger partial charge on any atom is -0.272 e. The molecule has 1 amide bonds. The largest absolute Gasteiger partial charge is 0.272 e. The molecule has 0 aliphatic heterocycles. The van der Waals surface area contributed by atoms with Crippen LogP contribution >= 0.6 is 0 Å². The maximum Gasteiger partial charge on any atom is 0.255 e. The highest BCUT2D eigenvalue weighted by Crippen LogP contribution is 2.23. The number of benzene rings is 2. The molecule has 6 heteroatoms. The van der Waals surface area contributed by atoms with E-state index >= 15 is 0 Å². The van der Waals surface area contributed by atoms with E-state index in [0.29, 0.717) is 23.5 Å². The third-order valence-electron chi connectivity index (χ3n) is 3.50. The molecule has 0 aromatic heterocycles. The Morgan fingerprint density at radius 3 is 2.42 bits per heavy atom. The van der Waals surface area contributed by atoms with E-state index < -0.39 is 15.8 Å². The molecule has 0 aliphatic rings. The Hall–Kier alpha value is -2.05. The normalized spacial score (nSPS) is 13.5. The first-order valence-electron chi connectivity index (χ1n) is 7.72. The van der Waals surface area contributed by atoms with Crippen LogP contribution in [0.1, 0.15) is 26.7 Å². The number of amides is 1. The Balaban J connectivity index is 2.33. The van der Waals surface area contributed by atoms with Crippen LogP contribution in [0.25, 0.3) is 11.1 Å². The highest BCUT2D eigenvalue weighted by Gasteiger charge is 2.12. The van der Waals surface area contributed by atoms with Crippen molar-refractivity contribution < 1.29 is 13.4 Å². The zero-order chi connectivity index (χ0) is 17.7. The number of halogens is 1. The molecule has 24 heavy (non-hydrogen) atoms. The second-order valence-corrected chi connectivity index (χ2v) is 7.82. The Morgan fingerprint density at radius 1 is 1.17 bits per heavy atom. The Labute approximate surface area is 142 Å². The molecular formula is C18H21FN2O2S. The van der Waals surface area contributed by atoms with Gasteiger partial charge in [-0.15, -0.1) is 4.36 Å². The van der Waals surface area contributed by atoms with Gasteiger partial charge in [0.05, 0.1) is 4.90 Å². The average Bonchev–Trinajstić information content (AvgIpc) is 2.53. The number of hydrogen-bond acceptors (Lipinski definition) is 2. The van der Waals surface area contributed by atoms with Crippen molar-refractivity contribution in [1.82, 2.24) is 0 Å². The van der Waals surface area contributed by atoms with Gasteiger partial charge in [-0.2, -0.15) is 0 Å². The summed E-state index contributed by atoms with van der Waals surface area (Å²) in [6.45, 7) is 3.99. The van der Waals surface area contributed by atoms with Crippen molar-refractivity contribution in [1.29, 1.82) is 0 Å². The summed E-state index contributed by atoms with van der Waals surface area (Å²) in [4.78, 5) is 12.1. The molecule has 2 rings (SSSR count). The molecule has 128 valence electrons. The predicted octanol–water partition coefficient (Wildman–Crippen LogP) is 4.16. The van der Waals surface area contributed by atoms with E-state index in [4.69, 9.17) is 5.14 Å². The van der Waals surface area contributed by atoms with E-state index in [9.17, 15) is 13.4 Å². The number of rotatable bonds is 5. The number of nitrogens with two attached hydrogens (primary N) is 1. The van der Waals surface area contributed by atoms with Gasteiger partial charge >= 0.3 is 0 Å². The third kappa shape index (κ3) is 4.97. The molecule has 0 aliphatic carbocycles. The van der Waals surface area contributed by atoms with Crippen LogP contribution in [-0.4, -0.2) is 10.1 Å². The fourth-order valence-electron chi connectivity index (χ4n) is 2.19. The van der Waals surface area contributed by atoms with Crippen LogP contribution in [0.15, 0.2) is 57.8 Å². The lowest BCUT2D eigenvalue weighted by Gasteiger charge is -2.08. The van der Waals surface area contributed by atoms with Gasteiger partial charge in [0, 0.05) is 6.42 Å². The first-order chi connectivity index (χ1) is 11.3. The number of carbonyl (C=O) groups is 1. The highest BCUT2D eigenvalue weighted by molar-refractivity contribution is 7.91. The standard InChI is InChI=1S/C18H21FN2O2S/c1-13(2)9-10-18(22)21-24(20,23)17-8-4-6-15(12-17)14-5-3-7-16(19)11-14/h3-8,11-13H,9-10H2,1-2H3,(H2,20,21,22,23). The van der Waals surface area contributed by atoms with Gasteiger partial charge in [-0.05, 0) is 47.7 Å². The summed E-state index contributed by atoms with van der Waals surface area (Å²) in [6.07, 6.45) is 0.886. The number of hydrogen-bond donors (Lipinski definition) is 1. The van der Waals surface area contributed by atoms with Crippen LogP contribution in [0, 0.1) is 11.7 Å². The Kier molecular flexibility index (Phi) is 5.85. The number of nitrogens with zero attached hydrogens (tertiary/aromatic N) is 1. The summed E-state index contributed by atoms with van der Waals surface area (Å²) < 4.78 is 29.7. The van der Waals surface area contributed by atoms with Crippen LogP contribution in [0.2, 0.25) is 0 Å². The summed E-state index contributed by atoms with van der Waals surface area (Å²) in [5.74, 6) is -0.471. The molecule has 4 nitrogen and oxygen atoms in total. The topological polar surface area (TPSA) is 72.5 Å². The monoisotopic (exact) mass is 348 g/mol. The lowest BCUT2D eigenvalue weighted by atomic mass is 10.1. The first-order valence-corrected chi connectivity index (χ1v) is 9.29. The second-order valence-electron chi connectivity index (χ2n) is 6.02. The molecule has 0 radical (unpaired) electrons. The maximum atomic E-state index is 13.4. The van der Waals surface area contributed by atoms with E-state index in [2.05, 4.69) is 4.36 Å². The number of carbonyl (C=O) groups excluding carboxylic acids is 1. The van der Waals surface area contributed by atoms with Crippen LogP contribution in [-0.2, 0) is 14.7 Å². The molecule has 1 atom stereocenters. The van der Waals surface area contributed by atoms with Crippen molar-refractivity contribution in [3.05, 3.63) is 54.3 Å². The van der Waals surface area contributed by atoms with Crippen LogP contribution in [0.3, 0.4) is 0 Å². The van der Waals surface area contributed by atoms with Gasteiger partial charge < -0.3 is 0 Å². The molecule has 2 N–H and O–H groups in total. The van der Waals surface area contributed by atoms with Gasteiger partial charge in [0.2, 0.25) is 0 Å². The molecule has 0 saturated carbocycles. The lowest BCUT2D eigenvalue weighted by Crippen LogP contribution is -2.15. The summed E-state index contributed by atoms with van der Waals surface area (Å²) in [7, 11) is -3.32. The first kappa shape index (κ1) is 18.3. The Bertz CT molecular complexity index is 856. The molecule has 0 saturated heterocycles. The van der Waals surface area contributed by atoms with Crippen molar-refractivity contribution in [2.75, 3.05) is 0 Å². The second kappa shape index (κ2) is 7.68. The summed E-state index contributed by atoms with van der Waals surface area (Å²) in [5, 5.41) is 5.79. The third-order valence-corrected chi connectivity index (χ3v) is 4.91. The zero-order valence-electron chi connectivity index (χ0n) is 13.7. The molecule has 1 unspecified atom stereocenters. The van der Waals surface area contributed by atoms with E-state index in [1.165, 1.54) is 12.1 Å². The van der Waals surface area contributed by atoms with Crippen LogP contribution in [0.5, 0.6) is 0 Å². The van der Waals surface area contributed by atoms with Crippen molar-refractivity contribution in [2.24, 2.45) is 15.4 Å². The lowest BCUT2D eigenvalue weighted by molar-refractivity contribution is -0.117. The molecule has 2 aromatic carbocycles. The smallest absolute Gasteiger partial charge is 0.255 e. The maximum absolute atomic E-state index is 13.4. The Morgan fingerprint density at radius 2 is 1.79 bits per heavy atom. The summed E-state index contributed by atoms with van der Waals surface area (Å²) >= 11 is 0. The van der Waals surface area contributed by atoms with E-state index in [-0.39, 0.29) is 17.1 Å². The van der Waals surface area contributed by atoms with Crippen molar-refractivity contribution >= 4 is 15.8 Å². The molecule has 0 spiro atoms. The van der Waals surface area contributed by atoms with Crippen molar-refractivity contribution in [2.45, 2.75) is 31.6 Å². The van der Waals surface area contributed by atoms with Gasteiger partial charge in [0.15, 0.2) is 0 Å². The average molecular weight is 348 g/mol. The zero-order valence-corrected chi connectivity index (χ0v) is 14.6. The minimum atomic E-state index is -3.32. The quantitative estimate of drug-likeness (QED) is 0.881.